The van der Waals surface area contributed by atoms with Gasteiger partial charge in [0.2, 0.25) is 0 Å². The van der Waals surface area contributed by atoms with Crippen molar-refractivity contribution >= 4 is 17.5 Å². The van der Waals surface area contributed by atoms with Crippen molar-refractivity contribution in [2.75, 3.05) is 0 Å². The Labute approximate surface area is 135 Å². The molecule has 2 aromatic rings. The van der Waals surface area contributed by atoms with E-state index in [0.717, 1.165) is 18.4 Å². The Kier molecular flexibility index (Phi) is 4.78. The zero-order chi connectivity index (χ0) is 15.4. The summed E-state index contributed by atoms with van der Waals surface area (Å²) < 4.78 is 1.88. The minimum Gasteiger partial charge on any atom is -0.347 e. The van der Waals surface area contributed by atoms with Gasteiger partial charge >= 0.3 is 0 Å². The molecular formula is C17H20ClN3O. The molecule has 1 amide bonds. The van der Waals surface area contributed by atoms with E-state index in [9.17, 15) is 4.79 Å². The summed E-state index contributed by atoms with van der Waals surface area (Å²) in [7, 11) is 0. The Morgan fingerprint density at radius 2 is 1.95 bits per heavy atom. The number of carbonyl (C=O) groups is 1. The lowest BCUT2D eigenvalue weighted by Gasteiger charge is -2.22. The molecular weight excluding hydrogens is 298 g/mol. The molecule has 1 aliphatic carbocycles. The maximum absolute atomic E-state index is 12.4. The van der Waals surface area contributed by atoms with Crippen LogP contribution < -0.4 is 5.32 Å². The lowest BCUT2D eigenvalue weighted by atomic mass is 9.95. The third-order valence-corrected chi connectivity index (χ3v) is 4.38. The van der Waals surface area contributed by atoms with Crippen LogP contribution in [0.5, 0.6) is 0 Å². The van der Waals surface area contributed by atoms with E-state index < -0.39 is 0 Å². The molecule has 1 fully saturated rings. The standard InChI is InChI=1S/C17H20ClN3O/c18-14-8-6-13(7-9-14)12-21-11-10-19-16(21)17(22)20-15-4-2-1-3-5-15/h6-11,15H,1-5,12H2,(H,20,22). The van der Waals surface area contributed by atoms with Crippen molar-refractivity contribution in [1.29, 1.82) is 0 Å². The summed E-state index contributed by atoms with van der Waals surface area (Å²) in [6.45, 7) is 0.616. The van der Waals surface area contributed by atoms with Crippen LogP contribution in [0, 0.1) is 0 Å². The van der Waals surface area contributed by atoms with Gasteiger partial charge in [-0.1, -0.05) is 43.0 Å². The molecule has 1 saturated carbocycles. The summed E-state index contributed by atoms with van der Waals surface area (Å²) in [5, 5.41) is 3.83. The number of imidazole rings is 1. The second-order valence-corrected chi connectivity index (χ2v) is 6.25. The first-order chi connectivity index (χ1) is 10.7. The van der Waals surface area contributed by atoms with Gasteiger partial charge in [-0.05, 0) is 30.5 Å². The number of aromatic nitrogens is 2. The van der Waals surface area contributed by atoms with E-state index in [-0.39, 0.29) is 5.91 Å². The molecule has 0 saturated heterocycles. The Balaban J connectivity index is 1.68. The lowest BCUT2D eigenvalue weighted by Crippen LogP contribution is -2.37. The SMILES string of the molecule is O=C(NC1CCCCC1)c1nccn1Cc1ccc(Cl)cc1. The number of nitrogens with one attached hydrogen (secondary N) is 1. The molecule has 0 aliphatic heterocycles. The summed E-state index contributed by atoms with van der Waals surface area (Å²) in [4.78, 5) is 16.6. The summed E-state index contributed by atoms with van der Waals surface area (Å²) in [5.41, 5.74) is 1.09. The molecule has 5 heteroatoms. The number of amides is 1. The van der Waals surface area contributed by atoms with E-state index in [1.165, 1.54) is 19.3 Å². The van der Waals surface area contributed by atoms with Crippen LogP contribution in [0.3, 0.4) is 0 Å². The third kappa shape index (κ3) is 3.69. The first-order valence-corrected chi connectivity index (χ1v) is 8.16. The maximum Gasteiger partial charge on any atom is 0.287 e. The van der Waals surface area contributed by atoms with Crippen LogP contribution >= 0.6 is 11.6 Å². The first kappa shape index (κ1) is 15.1. The van der Waals surface area contributed by atoms with Crippen molar-refractivity contribution < 1.29 is 4.79 Å². The molecule has 1 aromatic heterocycles. The van der Waals surface area contributed by atoms with Crippen molar-refractivity contribution in [2.45, 2.75) is 44.7 Å². The van der Waals surface area contributed by atoms with Gasteiger partial charge in [0.1, 0.15) is 0 Å². The second kappa shape index (κ2) is 6.97. The molecule has 4 nitrogen and oxygen atoms in total. The van der Waals surface area contributed by atoms with Crippen molar-refractivity contribution in [3.8, 4) is 0 Å². The van der Waals surface area contributed by atoms with Crippen molar-refractivity contribution in [2.24, 2.45) is 0 Å². The highest BCUT2D eigenvalue weighted by Gasteiger charge is 2.19. The van der Waals surface area contributed by atoms with E-state index >= 15 is 0 Å². The van der Waals surface area contributed by atoms with Crippen LogP contribution in [0.4, 0.5) is 0 Å². The van der Waals surface area contributed by atoms with Crippen molar-refractivity contribution in [3.63, 3.8) is 0 Å². The fourth-order valence-electron chi connectivity index (χ4n) is 2.93. The predicted molar refractivity (Wildman–Crippen MR) is 87.1 cm³/mol. The van der Waals surface area contributed by atoms with Gasteiger partial charge in [0.25, 0.3) is 5.91 Å². The Hall–Kier alpha value is -1.81. The van der Waals surface area contributed by atoms with Crippen molar-refractivity contribution in [1.82, 2.24) is 14.9 Å². The number of halogens is 1. The topological polar surface area (TPSA) is 46.9 Å². The minimum atomic E-state index is -0.0779. The van der Waals surface area contributed by atoms with Gasteiger partial charge in [-0.25, -0.2) is 4.98 Å². The van der Waals surface area contributed by atoms with Crippen LogP contribution in [0.25, 0.3) is 0 Å². The average Bonchev–Trinajstić information content (AvgIpc) is 2.99. The van der Waals surface area contributed by atoms with Gasteiger partial charge in [0.15, 0.2) is 5.82 Å². The molecule has 0 radical (unpaired) electrons. The number of hydrogen-bond donors (Lipinski definition) is 1. The molecule has 0 spiro atoms. The van der Waals surface area contributed by atoms with Gasteiger partial charge in [-0.2, -0.15) is 0 Å². The molecule has 0 unspecified atom stereocenters. The molecule has 1 aromatic carbocycles. The fraction of sp³-hybridized carbons (Fsp3) is 0.412. The summed E-state index contributed by atoms with van der Waals surface area (Å²) in [5.74, 6) is 0.395. The highest BCUT2D eigenvalue weighted by molar-refractivity contribution is 6.30. The lowest BCUT2D eigenvalue weighted by molar-refractivity contribution is 0.0913. The first-order valence-electron chi connectivity index (χ1n) is 7.79. The highest BCUT2D eigenvalue weighted by Crippen LogP contribution is 2.18. The number of nitrogens with zero attached hydrogens (tertiary/aromatic N) is 2. The highest BCUT2D eigenvalue weighted by atomic mass is 35.5. The van der Waals surface area contributed by atoms with Gasteiger partial charge in [-0.3, -0.25) is 4.79 Å². The zero-order valence-electron chi connectivity index (χ0n) is 12.5. The van der Waals surface area contributed by atoms with E-state index in [2.05, 4.69) is 10.3 Å². The number of hydrogen-bond acceptors (Lipinski definition) is 2. The molecule has 1 heterocycles. The number of carbonyl (C=O) groups excluding carboxylic acids is 1. The van der Waals surface area contributed by atoms with E-state index in [0.29, 0.717) is 23.4 Å². The minimum absolute atomic E-state index is 0.0779. The Bertz CT molecular complexity index is 630. The van der Waals surface area contributed by atoms with E-state index in [1.807, 2.05) is 35.0 Å². The summed E-state index contributed by atoms with van der Waals surface area (Å²) in [6, 6.07) is 7.93. The second-order valence-electron chi connectivity index (χ2n) is 5.81. The summed E-state index contributed by atoms with van der Waals surface area (Å²) >= 11 is 5.90. The normalized spacial score (nSPS) is 15.7. The molecule has 1 aliphatic rings. The van der Waals surface area contributed by atoms with Crippen LogP contribution in [0.15, 0.2) is 36.7 Å². The van der Waals surface area contributed by atoms with E-state index in [1.54, 1.807) is 6.20 Å². The zero-order valence-corrected chi connectivity index (χ0v) is 13.2. The van der Waals surface area contributed by atoms with Crippen LogP contribution in [-0.2, 0) is 6.54 Å². The number of benzene rings is 1. The molecule has 22 heavy (non-hydrogen) atoms. The molecule has 3 rings (SSSR count). The molecule has 1 N–H and O–H groups in total. The number of rotatable bonds is 4. The Morgan fingerprint density at radius 1 is 1.23 bits per heavy atom. The van der Waals surface area contributed by atoms with E-state index in [4.69, 9.17) is 11.6 Å². The van der Waals surface area contributed by atoms with Crippen LogP contribution in [0.2, 0.25) is 5.02 Å². The smallest absolute Gasteiger partial charge is 0.287 e. The molecule has 0 bridgehead atoms. The largest absolute Gasteiger partial charge is 0.347 e. The molecule has 116 valence electrons. The monoisotopic (exact) mass is 317 g/mol. The fourth-order valence-corrected chi connectivity index (χ4v) is 3.06. The maximum atomic E-state index is 12.4. The quantitative estimate of drug-likeness (QED) is 0.935. The van der Waals surface area contributed by atoms with Crippen LogP contribution in [0.1, 0.15) is 48.3 Å². The van der Waals surface area contributed by atoms with Gasteiger partial charge in [0, 0.05) is 30.0 Å². The Morgan fingerprint density at radius 3 is 2.68 bits per heavy atom. The third-order valence-electron chi connectivity index (χ3n) is 4.13. The van der Waals surface area contributed by atoms with Gasteiger partial charge in [0.05, 0.1) is 0 Å². The molecule has 0 atom stereocenters. The average molecular weight is 318 g/mol. The van der Waals surface area contributed by atoms with Crippen LogP contribution in [-0.4, -0.2) is 21.5 Å². The van der Waals surface area contributed by atoms with Gasteiger partial charge < -0.3 is 9.88 Å². The van der Waals surface area contributed by atoms with Crippen molar-refractivity contribution in [3.05, 3.63) is 53.1 Å². The van der Waals surface area contributed by atoms with Gasteiger partial charge in [-0.15, -0.1) is 0 Å². The predicted octanol–water partition coefficient (Wildman–Crippen LogP) is 3.65. The summed E-state index contributed by atoms with van der Waals surface area (Å²) in [6.07, 6.45) is 9.33.